The quantitative estimate of drug-likeness (QED) is 0.420. The smallest absolute Gasteiger partial charge is 0.191 e. The van der Waals surface area contributed by atoms with Crippen molar-refractivity contribution in [1.29, 1.82) is 0 Å². The minimum Gasteiger partial charge on any atom is -0.383 e. The van der Waals surface area contributed by atoms with E-state index in [2.05, 4.69) is 29.5 Å². The van der Waals surface area contributed by atoms with Crippen LogP contribution in [0.3, 0.4) is 0 Å². The zero-order chi connectivity index (χ0) is 15.9. The number of nitrogens with zero attached hydrogens (tertiary/aromatic N) is 1. The monoisotopic (exact) mass is 423 g/mol. The highest BCUT2D eigenvalue weighted by atomic mass is 127. The highest BCUT2D eigenvalue weighted by molar-refractivity contribution is 14.0. The molecule has 1 aromatic rings. The second-order valence-corrected chi connectivity index (χ2v) is 5.82. The Morgan fingerprint density at radius 2 is 1.91 bits per heavy atom. The van der Waals surface area contributed by atoms with Crippen molar-refractivity contribution in [3.05, 3.63) is 35.6 Å². The molecule has 1 aromatic carbocycles. The average Bonchev–Trinajstić information content (AvgIpc) is 2.44. The van der Waals surface area contributed by atoms with Crippen molar-refractivity contribution in [3.63, 3.8) is 0 Å². The van der Waals surface area contributed by atoms with E-state index in [-0.39, 0.29) is 41.3 Å². The summed E-state index contributed by atoms with van der Waals surface area (Å²) < 4.78 is 18.1. The fourth-order valence-corrected chi connectivity index (χ4v) is 2.03. The highest BCUT2D eigenvalue weighted by Gasteiger charge is 2.21. The van der Waals surface area contributed by atoms with E-state index >= 15 is 0 Å². The van der Waals surface area contributed by atoms with Gasteiger partial charge in [-0.15, -0.1) is 24.0 Å². The number of guanidine groups is 1. The van der Waals surface area contributed by atoms with Gasteiger partial charge in [-0.3, -0.25) is 4.99 Å². The maximum atomic E-state index is 13.0. The minimum atomic E-state index is -0.214. The number of benzene rings is 1. The maximum absolute atomic E-state index is 13.0. The first-order chi connectivity index (χ1) is 9.89. The van der Waals surface area contributed by atoms with Crippen molar-refractivity contribution in [2.75, 3.05) is 27.3 Å². The van der Waals surface area contributed by atoms with Gasteiger partial charge in [0, 0.05) is 32.2 Å². The average molecular weight is 423 g/mol. The van der Waals surface area contributed by atoms with E-state index in [1.165, 1.54) is 12.1 Å². The first-order valence-corrected chi connectivity index (χ1v) is 7.11. The molecule has 0 aliphatic rings. The van der Waals surface area contributed by atoms with Crippen LogP contribution in [-0.4, -0.2) is 39.3 Å². The third kappa shape index (κ3) is 6.91. The Bertz CT molecular complexity index is 463. The normalized spacial score (nSPS) is 13.3. The van der Waals surface area contributed by atoms with Crippen molar-refractivity contribution in [3.8, 4) is 0 Å². The summed E-state index contributed by atoms with van der Waals surface area (Å²) in [6, 6.07) is 6.80. The lowest BCUT2D eigenvalue weighted by molar-refractivity contribution is 0.179. The van der Waals surface area contributed by atoms with E-state index in [0.29, 0.717) is 13.2 Å². The number of hydrogen-bond donors (Lipinski definition) is 2. The Balaban J connectivity index is 0.00000441. The van der Waals surface area contributed by atoms with Crippen molar-refractivity contribution >= 4 is 29.9 Å². The molecule has 0 saturated carbocycles. The topological polar surface area (TPSA) is 45.7 Å². The molecule has 0 aliphatic heterocycles. The molecule has 126 valence electrons. The maximum Gasteiger partial charge on any atom is 0.191 e. The number of methoxy groups -OCH3 is 1. The Hall–Kier alpha value is -0.890. The standard InChI is InChI=1S/C16H26FN3O.HI/c1-12(10-21-5)20-15(18-4)19-11-16(2,3)13-6-8-14(17)9-7-13;/h6-9,12H,10-11H2,1-5H3,(H2,18,19,20);1H. The van der Waals surface area contributed by atoms with Crippen LogP contribution in [-0.2, 0) is 10.2 Å². The van der Waals surface area contributed by atoms with Crippen molar-refractivity contribution in [2.45, 2.75) is 32.2 Å². The zero-order valence-corrected chi connectivity index (χ0v) is 16.3. The van der Waals surface area contributed by atoms with Crippen LogP contribution in [0.1, 0.15) is 26.3 Å². The molecule has 0 spiro atoms. The molecule has 0 aromatic heterocycles. The van der Waals surface area contributed by atoms with Crippen LogP contribution in [0, 0.1) is 5.82 Å². The van der Waals surface area contributed by atoms with E-state index in [1.54, 1.807) is 14.2 Å². The first kappa shape index (κ1) is 21.1. The number of ether oxygens (including phenoxy) is 1. The fourth-order valence-electron chi connectivity index (χ4n) is 2.03. The van der Waals surface area contributed by atoms with E-state index in [9.17, 15) is 4.39 Å². The van der Waals surface area contributed by atoms with Gasteiger partial charge in [-0.25, -0.2) is 4.39 Å². The van der Waals surface area contributed by atoms with Gasteiger partial charge in [-0.2, -0.15) is 0 Å². The first-order valence-electron chi connectivity index (χ1n) is 7.11. The molecule has 6 heteroatoms. The lowest BCUT2D eigenvalue weighted by Crippen LogP contribution is -2.47. The Morgan fingerprint density at radius 3 is 2.41 bits per heavy atom. The van der Waals surface area contributed by atoms with Crippen LogP contribution in [0.15, 0.2) is 29.3 Å². The lowest BCUT2D eigenvalue weighted by Gasteiger charge is -2.27. The summed E-state index contributed by atoms with van der Waals surface area (Å²) in [5.74, 6) is 0.517. The number of hydrogen-bond acceptors (Lipinski definition) is 2. The number of halogens is 2. The lowest BCUT2D eigenvalue weighted by atomic mass is 9.84. The third-order valence-electron chi connectivity index (χ3n) is 3.35. The number of rotatable bonds is 6. The van der Waals surface area contributed by atoms with Gasteiger partial charge < -0.3 is 15.4 Å². The van der Waals surface area contributed by atoms with Gasteiger partial charge in [-0.05, 0) is 24.6 Å². The molecule has 0 bridgehead atoms. The third-order valence-corrected chi connectivity index (χ3v) is 3.35. The number of nitrogens with one attached hydrogen (secondary N) is 2. The van der Waals surface area contributed by atoms with Crippen LogP contribution < -0.4 is 10.6 Å². The Kier molecular flexibility index (Phi) is 9.59. The second-order valence-electron chi connectivity index (χ2n) is 5.82. The van der Waals surface area contributed by atoms with E-state index < -0.39 is 0 Å². The van der Waals surface area contributed by atoms with Crippen LogP contribution in [0.4, 0.5) is 4.39 Å². The van der Waals surface area contributed by atoms with Crippen molar-refractivity contribution in [2.24, 2.45) is 4.99 Å². The van der Waals surface area contributed by atoms with E-state index in [0.717, 1.165) is 11.5 Å². The highest BCUT2D eigenvalue weighted by Crippen LogP contribution is 2.22. The fraction of sp³-hybridized carbons (Fsp3) is 0.562. The van der Waals surface area contributed by atoms with Crippen molar-refractivity contribution < 1.29 is 9.13 Å². The SMILES string of the molecule is CN=C(NCC(C)(C)c1ccc(F)cc1)NC(C)COC.I. The molecule has 1 atom stereocenters. The summed E-state index contributed by atoms with van der Waals surface area (Å²) in [5.41, 5.74) is 0.951. The van der Waals surface area contributed by atoms with E-state index in [1.807, 2.05) is 19.1 Å². The molecule has 2 N–H and O–H groups in total. The molecule has 22 heavy (non-hydrogen) atoms. The van der Waals surface area contributed by atoms with Crippen LogP contribution in [0.25, 0.3) is 0 Å². The van der Waals surface area contributed by atoms with Gasteiger partial charge in [-0.1, -0.05) is 26.0 Å². The molecule has 0 fully saturated rings. The summed E-state index contributed by atoms with van der Waals surface area (Å²) in [5, 5.41) is 6.56. The summed E-state index contributed by atoms with van der Waals surface area (Å²) in [6.07, 6.45) is 0. The van der Waals surface area contributed by atoms with Gasteiger partial charge in [0.15, 0.2) is 5.96 Å². The molecule has 1 rings (SSSR count). The second kappa shape index (κ2) is 9.99. The van der Waals surface area contributed by atoms with Crippen LogP contribution >= 0.6 is 24.0 Å². The van der Waals surface area contributed by atoms with Gasteiger partial charge in [0.25, 0.3) is 0 Å². The summed E-state index contributed by atoms with van der Waals surface area (Å²) in [7, 11) is 3.41. The molecule has 0 radical (unpaired) electrons. The molecule has 0 amide bonds. The molecule has 0 aliphatic carbocycles. The largest absolute Gasteiger partial charge is 0.383 e. The summed E-state index contributed by atoms with van der Waals surface area (Å²) in [6.45, 7) is 7.56. The van der Waals surface area contributed by atoms with Gasteiger partial charge >= 0.3 is 0 Å². The molecule has 0 heterocycles. The van der Waals surface area contributed by atoms with Gasteiger partial charge in [0.05, 0.1) is 6.61 Å². The minimum absolute atomic E-state index is 0. The molecule has 0 saturated heterocycles. The predicted octanol–water partition coefficient (Wildman–Crippen LogP) is 2.92. The summed E-state index contributed by atoms with van der Waals surface area (Å²) >= 11 is 0. The van der Waals surface area contributed by atoms with Gasteiger partial charge in [0.1, 0.15) is 5.82 Å². The molecular weight excluding hydrogens is 396 g/mol. The molecule has 4 nitrogen and oxygen atoms in total. The van der Waals surface area contributed by atoms with Crippen LogP contribution in [0.5, 0.6) is 0 Å². The predicted molar refractivity (Wildman–Crippen MR) is 101 cm³/mol. The van der Waals surface area contributed by atoms with E-state index in [4.69, 9.17) is 4.74 Å². The summed E-state index contributed by atoms with van der Waals surface area (Å²) in [4.78, 5) is 4.20. The number of aliphatic imine (C=N–C) groups is 1. The molecular formula is C16H27FIN3O. The van der Waals surface area contributed by atoms with Gasteiger partial charge in [0.2, 0.25) is 0 Å². The Morgan fingerprint density at radius 1 is 1.32 bits per heavy atom. The molecule has 1 unspecified atom stereocenters. The van der Waals surface area contributed by atoms with Crippen LogP contribution in [0.2, 0.25) is 0 Å². The van der Waals surface area contributed by atoms with Crippen molar-refractivity contribution in [1.82, 2.24) is 10.6 Å². The Labute approximate surface area is 149 Å². The zero-order valence-electron chi connectivity index (χ0n) is 13.9.